The highest BCUT2D eigenvalue weighted by atomic mass is 32.2. The highest BCUT2D eigenvalue weighted by Crippen LogP contribution is 2.33. The van der Waals surface area contributed by atoms with Crippen LogP contribution < -0.4 is 9.47 Å². The zero-order chi connectivity index (χ0) is 19.7. The summed E-state index contributed by atoms with van der Waals surface area (Å²) in [4.78, 5) is 25.1. The van der Waals surface area contributed by atoms with E-state index < -0.39 is 0 Å². The van der Waals surface area contributed by atoms with Crippen molar-refractivity contribution in [1.82, 2.24) is 14.5 Å². The number of imidazole rings is 1. The molecule has 1 aliphatic rings. The monoisotopic (exact) mass is 394 g/mol. The number of aliphatic imine (C=N–C) groups is 1. The highest BCUT2D eigenvalue weighted by molar-refractivity contribution is 8.16. The molecule has 3 heterocycles. The predicted molar refractivity (Wildman–Crippen MR) is 111 cm³/mol. The van der Waals surface area contributed by atoms with Gasteiger partial charge in [-0.15, -0.1) is 0 Å². The van der Waals surface area contributed by atoms with Gasteiger partial charge in [-0.1, -0.05) is 17.8 Å². The Morgan fingerprint density at radius 3 is 2.71 bits per heavy atom. The zero-order valence-electron chi connectivity index (χ0n) is 15.7. The third kappa shape index (κ3) is 3.27. The van der Waals surface area contributed by atoms with E-state index in [9.17, 15) is 4.79 Å². The molecule has 0 bridgehead atoms. The van der Waals surface area contributed by atoms with E-state index in [1.807, 2.05) is 48.0 Å². The van der Waals surface area contributed by atoms with Crippen LogP contribution in [0.4, 0.5) is 0 Å². The number of rotatable bonds is 5. The number of fused-ring (bicyclic) bond motifs is 1. The fourth-order valence-electron chi connectivity index (χ4n) is 3.04. The van der Waals surface area contributed by atoms with E-state index in [-0.39, 0.29) is 5.91 Å². The first-order valence-corrected chi connectivity index (χ1v) is 9.55. The number of nitrogens with zero attached hydrogens (tertiary/aromatic N) is 4. The van der Waals surface area contributed by atoms with Gasteiger partial charge in [-0.3, -0.25) is 4.79 Å². The van der Waals surface area contributed by atoms with Gasteiger partial charge in [0.15, 0.2) is 17.1 Å². The van der Waals surface area contributed by atoms with Crippen LogP contribution in [0.5, 0.6) is 11.5 Å². The summed E-state index contributed by atoms with van der Waals surface area (Å²) in [6, 6.07) is 9.40. The Hall–Kier alpha value is -3.13. The van der Waals surface area contributed by atoms with Crippen molar-refractivity contribution in [1.29, 1.82) is 0 Å². The number of carbonyl (C=O) groups is 1. The van der Waals surface area contributed by atoms with Crippen molar-refractivity contribution in [3.8, 4) is 11.5 Å². The van der Waals surface area contributed by atoms with Gasteiger partial charge in [0.2, 0.25) is 0 Å². The standard InChI is InChI=1S/C20H18N4O3S/c1-24-18(22-14-5-4-8-21-19(14)24)13(20-23-17(25)11-28-20)9-12-6-7-15(26-2)16(10-12)27-3/h4-10H,11H2,1-3H3/b13-9-. The van der Waals surface area contributed by atoms with Gasteiger partial charge in [0, 0.05) is 13.2 Å². The van der Waals surface area contributed by atoms with Crippen LogP contribution in [-0.2, 0) is 11.8 Å². The minimum absolute atomic E-state index is 0.143. The lowest BCUT2D eigenvalue weighted by molar-refractivity contribution is -0.115. The second-order valence-corrected chi connectivity index (χ2v) is 7.08. The van der Waals surface area contributed by atoms with Crippen molar-refractivity contribution in [2.75, 3.05) is 20.0 Å². The smallest absolute Gasteiger partial charge is 0.257 e. The molecule has 2 aromatic heterocycles. The van der Waals surface area contributed by atoms with Crippen molar-refractivity contribution in [2.24, 2.45) is 12.0 Å². The lowest BCUT2D eigenvalue weighted by atomic mass is 10.1. The molecule has 4 rings (SSSR count). The summed E-state index contributed by atoms with van der Waals surface area (Å²) in [5.41, 5.74) is 3.21. The Balaban J connectivity index is 1.89. The summed E-state index contributed by atoms with van der Waals surface area (Å²) in [7, 11) is 5.10. The first-order chi connectivity index (χ1) is 13.6. The summed E-state index contributed by atoms with van der Waals surface area (Å²) in [5, 5.41) is 0.651. The fourth-order valence-corrected chi connectivity index (χ4v) is 3.84. The van der Waals surface area contributed by atoms with E-state index in [1.165, 1.54) is 11.8 Å². The maximum absolute atomic E-state index is 11.8. The predicted octanol–water partition coefficient (Wildman–Crippen LogP) is 3.20. The highest BCUT2D eigenvalue weighted by Gasteiger charge is 2.24. The molecular weight excluding hydrogens is 376 g/mol. The number of aryl methyl sites for hydroxylation is 1. The van der Waals surface area contributed by atoms with E-state index >= 15 is 0 Å². The molecule has 0 spiro atoms. The average Bonchev–Trinajstić information content (AvgIpc) is 3.29. The SMILES string of the molecule is COc1ccc(/C=C(\C2=NC(=O)CS2)c2nc3cccnc3n2C)cc1OC. The lowest BCUT2D eigenvalue weighted by Crippen LogP contribution is -2.04. The number of hydrogen-bond acceptors (Lipinski definition) is 6. The van der Waals surface area contributed by atoms with Crippen LogP contribution in [0.1, 0.15) is 11.4 Å². The molecule has 1 aromatic carbocycles. The number of aromatic nitrogens is 3. The molecule has 1 aliphatic heterocycles. The first-order valence-electron chi connectivity index (χ1n) is 8.57. The molecule has 1 amide bonds. The summed E-state index contributed by atoms with van der Waals surface area (Å²) in [6.07, 6.45) is 3.69. The quantitative estimate of drug-likeness (QED) is 0.661. The molecule has 7 nitrogen and oxygen atoms in total. The molecule has 0 radical (unpaired) electrons. The topological polar surface area (TPSA) is 78.6 Å². The van der Waals surface area contributed by atoms with Gasteiger partial charge in [-0.05, 0) is 35.9 Å². The molecule has 8 heteroatoms. The van der Waals surface area contributed by atoms with Gasteiger partial charge in [0.1, 0.15) is 16.4 Å². The Bertz CT molecular complexity index is 1130. The van der Waals surface area contributed by atoms with Crippen molar-refractivity contribution >= 4 is 45.5 Å². The van der Waals surface area contributed by atoms with E-state index in [0.717, 1.165) is 22.3 Å². The van der Waals surface area contributed by atoms with E-state index in [0.29, 0.717) is 28.1 Å². The third-order valence-electron chi connectivity index (χ3n) is 4.38. The summed E-state index contributed by atoms with van der Waals surface area (Å²) in [6.45, 7) is 0. The maximum atomic E-state index is 11.8. The van der Waals surface area contributed by atoms with E-state index in [2.05, 4.69) is 9.98 Å². The third-order valence-corrected chi connectivity index (χ3v) is 5.35. The molecule has 0 atom stereocenters. The van der Waals surface area contributed by atoms with E-state index in [1.54, 1.807) is 20.4 Å². The zero-order valence-corrected chi connectivity index (χ0v) is 16.5. The fraction of sp³-hybridized carbons (Fsp3) is 0.200. The van der Waals surface area contributed by atoms with Crippen LogP contribution in [0.25, 0.3) is 22.8 Å². The second-order valence-electron chi connectivity index (χ2n) is 6.11. The summed E-state index contributed by atoms with van der Waals surface area (Å²) in [5.74, 6) is 2.16. The summed E-state index contributed by atoms with van der Waals surface area (Å²) >= 11 is 1.41. The van der Waals surface area contributed by atoms with Gasteiger partial charge in [-0.2, -0.15) is 0 Å². The molecule has 0 fully saturated rings. The van der Waals surface area contributed by atoms with E-state index in [4.69, 9.17) is 14.5 Å². The molecular formula is C20H18N4O3S. The average molecular weight is 394 g/mol. The second kappa shape index (κ2) is 7.47. The molecule has 0 saturated heterocycles. The minimum atomic E-state index is -0.143. The number of hydrogen-bond donors (Lipinski definition) is 0. The normalized spacial score (nSPS) is 14.5. The number of benzene rings is 1. The van der Waals surface area contributed by atoms with Crippen LogP contribution in [-0.4, -0.2) is 45.5 Å². The van der Waals surface area contributed by atoms with Crippen LogP contribution in [0, 0.1) is 0 Å². The minimum Gasteiger partial charge on any atom is -0.493 e. The van der Waals surface area contributed by atoms with Gasteiger partial charge in [0.25, 0.3) is 5.91 Å². The van der Waals surface area contributed by atoms with Crippen molar-refractivity contribution in [2.45, 2.75) is 0 Å². The molecule has 142 valence electrons. The lowest BCUT2D eigenvalue weighted by Gasteiger charge is -2.10. The van der Waals surface area contributed by atoms with Gasteiger partial charge in [0.05, 0.1) is 25.5 Å². The van der Waals surface area contributed by atoms with Crippen LogP contribution in [0.3, 0.4) is 0 Å². The number of pyridine rings is 1. The van der Waals surface area contributed by atoms with Crippen LogP contribution >= 0.6 is 11.8 Å². The first kappa shape index (κ1) is 18.2. The van der Waals surface area contributed by atoms with Gasteiger partial charge in [-0.25, -0.2) is 15.0 Å². The van der Waals surface area contributed by atoms with Crippen molar-refractivity contribution in [3.63, 3.8) is 0 Å². The van der Waals surface area contributed by atoms with Crippen LogP contribution in [0.2, 0.25) is 0 Å². The van der Waals surface area contributed by atoms with Crippen molar-refractivity contribution in [3.05, 3.63) is 47.9 Å². The van der Waals surface area contributed by atoms with Crippen LogP contribution in [0.15, 0.2) is 41.5 Å². The molecule has 0 N–H and O–H groups in total. The molecule has 0 aliphatic carbocycles. The number of thioether (sulfide) groups is 1. The van der Waals surface area contributed by atoms with Gasteiger partial charge >= 0.3 is 0 Å². The van der Waals surface area contributed by atoms with Crippen molar-refractivity contribution < 1.29 is 14.3 Å². The Labute approximate surface area is 166 Å². The maximum Gasteiger partial charge on any atom is 0.257 e. The molecule has 3 aromatic rings. The molecule has 0 unspecified atom stereocenters. The number of methoxy groups -OCH3 is 2. The Morgan fingerprint density at radius 2 is 2.04 bits per heavy atom. The summed E-state index contributed by atoms with van der Waals surface area (Å²) < 4.78 is 12.6. The Morgan fingerprint density at radius 1 is 1.21 bits per heavy atom. The van der Waals surface area contributed by atoms with Gasteiger partial charge < -0.3 is 14.0 Å². The number of carbonyl (C=O) groups excluding carboxylic acids is 1. The molecule has 0 saturated carbocycles. The number of ether oxygens (including phenoxy) is 2. The Kier molecular flexibility index (Phi) is 4.87. The molecule has 28 heavy (non-hydrogen) atoms. The largest absolute Gasteiger partial charge is 0.493 e. The number of amides is 1.